The van der Waals surface area contributed by atoms with Crippen LogP contribution in [-0.2, 0) is 13.1 Å². The molecule has 7 heteroatoms. The number of fused-ring (bicyclic) bond motifs is 1. The number of amides is 1. The van der Waals surface area contributed by atoms with Gasteiger partial charge in [-0.05, 0) is 39.7 Å². The van der Waals surface area contributed by atoms with E-state index < -0.39 is 11.6 Å². The molecule has 0 atom stereocenters. The number of halogens is 3. The van der Waals surface area contributed by atoms with E-state index in [4.69, 9.17) is 0 Å². The Hall–Kier alpha value is -2.51. The number of hydrogen-bond donors (Lipinski definition) is 1. The molecule has 2 aromatic heterocycles. The third kappa shape index (κ3) is 3.86. The second-order valence-electron chi connectivity index (χ2n) is 6.32. The van der Waals surface area contributed by atoms with Crippen LogP contribution in [0.25, 0.3) is 10.2 Å². The number of thiophene rings is 1. The van der Waals surface area contributed by atoms with Crippen molar-refractivity contribution in [2.75, 3.05) is 0 Å². The highest BCUT2D eigenvalue weighted by Crippen LogP contribution is 2.33. The summed E-state index contributed by atoms with van der Waals surface area (Å²) in [6.07, 6.45) is 0. The number of nitrogens with one attached hydrogen (secondary N) is 1. The van der Waals surface area contributed by atoms with Crippen LogP contribution in [0, 0.1) is 11.6 Å². The van der Waals surface area contributed by atoms with E-state index in [1.165, 1.54) is 23.5 Å². The van der Waals surface area contributed by atoms with Crippen molar-refractivity contribution >= 4 is 43.4 Å². The van der Waals surface area contributed by atoms with Gasteiger partial charge in [-0.25, -0.2) is 8.78 Å². The Morgan fingerprint density at radius 2 is 1.86 bits per heavy atom. The SMILES string of the molecule is O=C(NCc1ccccc1)c1cc2sc(Br)cc2n1Cc1ccc(F)cc1F. The van der Waals surface area contributed by atoms with Crippen molar-refractivity contribution < 1.29 is 13.6 Å². The first-order chi connectivity index (χ1) is 13.5. The fourth-order valence-corrected chi connectivity index (χ4v) is 4.62. The van der Waals surface area contributed by atoms with Gasteiger partial charge >= 0.3 is 0 Å². The molecular weight excluding hydrogens is 446 g/mol. The Kier molecular flexibility index (Phi) is 5.28. The molecule has 0 unspecified atom stereocenters. The molecule has 4 aromatic rings. The maximum atomic E-state index is 14.2. The molecule has 2 heterocycles. The van der Waals surface area contributed by atoms with E-state index >= 15 is 0 Å². The maximum absolute atomic E-state index is 14.2. The van der Waals surface area contributed by atoms with Gasteiger partial charge < -0.3 is 9.88 Å². The lowest BCUT2D eigenvalue weighted by Gasteiger charge is -2.12. The minimum absolute atomic E-state index is 0.132. The van der Waals surface area contributed by atoms with Gasteiger partial charge in [0.1, 0.15) is 17.3 Å². The Morgan fingerprint density at radius 1 is 1.07 bits per heavy atom. The van der Waals surface area contributed by atoms with Crippen molar-refractivity contribution in [2.24, 2.45) is 0 Å². The summed E-state index contributed by atoms with van der Waals surface area (Å²) in [5, 5.41) is 2.91. The van der Waals surface area contributed by atoms with Gasteiger partial charge in [0, 0.05) is 18.2 Å². The largest absolute Gasteiger partial charge is 0.347 e. The molecule has 0 bridgehead atoms. The Morgan fingerprint density at radius 3 is 2.61 bits per heavy atom. The van der Waals surface area contributed by atoms with Crippen LogP contribution < -0.4 is 5.32 Å². The summed E-state index contributed by atoms with van der Waals surface area (Å²) in [7, 11) is 0. The van der Waals surface area contributed by atoms with Gasteiger partial charge in [-0.3, -0.25) is 4.79 Å². The Balaban J connectivity index is 1.66. The number of aromatic nitrogens is 1. The van der Waals surface area contributed by atoms with Gasteiger partial charge in [0.05, 0.1) is 20.5 Å². The number of rotatable bonds is 5. The van der Waals surface area contributed by atoms with Crippen molar-refractivity contribution in [1.82, 2.24) is 9.88 Å². The van der Waals surface area contributed by atoms with Crippen LogP contribution in [0.1, 0.15) is 21.6 Å². The zero-order valence-corrected chi connectivity index (χ0v) is 17.0. The molecule has 0 radical (unpaired) electrons. The minimum Gasteiger partial charge on any atom is -0.347 e. The monoisotopic (exact) mass is 460 g/mol. The van der Waals surface area contributed by atoms with Gasteiger partial charge in [0.25, 0.3) is 5.91 Å². The summed E-state index contributed by atoms with van der Waals surface area (Å²) in [6.45, 7) is 0.528. The molecule has 0 aliphatic rings. The molecule has 28 heavy (non-hydrogen) atoms. The zero-order chi connectivity index (χ0) is 19.7. The Labute approximate surface area is 172 Å². The molecular formula is C21H15BrF2N2OS. The fraction of sp³-hybridized carbons (Fsp3) is 0.0952. The third-order valence-electron chi connectivity index (χ3n) is 4.43. The van der Waals surface area contributed by atoms with Crippen molar-refractivity contribution in [1.29, 1.82) is 0 Å². The van der Waals surface area contributed by atoms with Gasteiger partial charge in [-0.15, -0.1) is 11.3 Å². The van der Waals surface area contributed by atoms with E-state index in [2.05, 4.69) is 21.2 Å². The summed E-state index contributed by atoms with van der Waals surface area (Å²) in [5.41, 5.74) is 2.57. The third-order valence-corrected chi connectivity index (χ3v) is 6.01. The van der Waals surface area contributed by atoms with Crippen molar-refractivity contribution in [3.63, 3.8) is 0 Å². The Bertz CT molecular complexity index is 1150. The molecule has 0 fully saturated rings. The predicted octanol–water partition coefficient (Wildman–Crippen LogP) is 5.72. The molecule has 142 valence electrons. The van der Waals surface area contributed by atoms with Crippen molar-refractivity contribution in [3.05, 3.63) is 92.9 Å². The first-order valence-electron chi connectivity index (χ1n) is 8.56. The lowest BCUT2D eigenvalue weighted by molar-refractivity contribution is 0.0942. The molecule has 2 aromatic carbocycles. The fourth-order valence-electron chi connectivity index (χ4n) is 3.06. The normalized spacial score (nSPS) is 11.1. The van der Waals surface area contributed by atoms with Crippen molar-refractivity contribution in [2.45, 2.75) is 13.1 Å². The van der Waals surface area contributed by atoms with Gasteiger partial charge in [-0.2, -0.15) is 0 Å². The summed E-state index contributed by atoms with van der Waals surface area (Å²) in [4.78, 5) is 12.8. The molecule has 1 amide bonds. The first-order valence-corrected chi connectivity index (χ1v) is 10.2. The molecule has 0 aliphatic carbocycles. The average Bonchev–Trinajstić information content (AvgIpc) is 3.19. The zero-order valence-electron chi connectivity index (χ0n) is 14.6. The molecule has 0 spiro atoms. The summed E-state index contributed by atoms with van der Waals surface area (Å²) < 4.78 is 31.0. The first kappa shape index (κ1) is 18.8. The van der Waals surface area contributed by atoms with Gasteiger partial charge in [0.2, 0.25) is 0 Å². The summed E-state index contributed by atoms with van der Waals surface area (Å²) in [6, 6.07) is 16.8. The average molecular weight is 461 g/mol. The standard InChI is InChI=1S/C21H15BrF2N2OS/c22-20-10-17-19(28-20)9-18(21(27)25-11-13-4-2-1-3-5-13)26(17)12-14-6-7-15(23)8-16(14)24/h1-10H,11-12H2,(H,25,27). The lowest BCUT2D eigenvalue weighted by atomic mass is 10.2. The van der Waals surface area contributed by atoms with Crippen LogP contribution >= 0.6 is 27.3 Å². The highest BCUT2D eigenvalue weighted by Gasteiger charge is 2.19. The highest BCUT2D eigenvalue weighted by atomic mass is 79.9. The minimum atomic E-state index is -0.633. The maximum Gasteiger partial charge on any atom is 0.268 e. The molecule has 3 nitrogen and oxygen atoms in total. The van der Waals surface area contributed by atoms with Crippen molar-refractivity contribution in [3.8, 4) is 0 Å². The molecule has 1 N–H and O–H groups in total. The van der Waals surface area contributed by atoms with E-state index in [0.717, 1.165) is 25.6 Å². The van der Waals surface area contributed by atoms with E-state index in [1.807, 2.05) is 36.4 Å². The lowest BCUT2D eigenvalue weighted by Crippen LogP contribution is -2.25. The van der Waals surface area contributed by atoms with Gasteiger partial charge in [0.15, 0.2) is 0 Å². The quantitative estimate of drug-likeness (QED) is 0.405. The number of nitrogens with zero attached hydrogens (tertiary/aromatic N) is 1. The topological polar surface area (TPSA) is 34.0 Å². The molecule has 4 rings (SSSR count). The summed E-state index contributed by atoms with van der Waals surface area (Å²) in [5.74, 6) is -1.50. The van der Waals surface area contributed by atoms with Crippen LogP contribution in [-0.4, -0.2) is 10.5 Å². The molecule has 0 saturated carbocycles. The predicted molar refractivity (Wildman–Crippen MR) is 111 cm³/mol. The molecule has 0 aliphatic heterocycles. The second kappa shape index (κ2) is 7.85. The number of carbonyl (C=O) groups excluding carboxylic acids is 1. The van der Waals surface area contributed by atoms with E-state index in [-0.39, 0.29) is 12.5 Å². The smallest absolute Gasteiger partial charge is 0.268 e. The number of hydrogen-bond acceptors (Lipinski definition) is 2. The second-order valence-corrected chi connectivity index (χ2v) is 8.78. The van der Waals surface area contributed by atoms with Crippen LogP contribution in [0.3, 0.4) is 0 Å². The summed E-state index contributed by atoms with van der Waals surface area (Å²) >= 11 is 4.95. The number of benzene rings is 2. The van der Waals surface area contributed by atoms with E-state index in [9.17, 15) is 13.6 Å². The highest BCUT2D eigenvalue weighted by molar-refractivity contribution is 9.11. The van der Waals surface area contributed by atoms with E-state index in [0.29, 0.717) is 17.8 Å². The van der Waals surface area contributed by atoms with Crippen LogP contribution in [0.15, 0.2) is 64.5 Å². The van der Waals surface area contributed by atoms with Crippen LogP contribution in [0.2, 0.25) is 0 Å². The van der Waals surface area contributed by atoms with E-state index in [1.54, 1.807) is 10.6 Å². The van der Waals surface area contributed by atoms with Crippen LogP contribution in [0.5, 0.6) is 0 Å². The number of carbonyl (C=O) groups is 1. The molecule has 0 saturated heterocycles. The van der Waals surface area contributed by atoms with Gasteiger partial charge in [-0.1, -0.05) is 36.4 Å². The van der Waals surface area contributed by atoms with Crippen LogP contribution in [0.4, 0.5) is 8.78 Å².